The van der Waals surface area contributed by atoms with Crippen LogP contribution in [0.3, 0.4) is 0 Å². The van der Waals surface area contributed by atoms with Crippen molar-refractivity contribution in [3.8, 4) is 0 Å². The summed E-state index contributed by atoms with van der Waals surface area (Å²) in [5.74, 6) is 0. The van der Waals surface area contributed by atoms with E-state index in [9.17, 15) is 4.79 Å². The third-order valence-electron chi connectivity index (χ3n) is 2.87. The quantitative estimate of drug-likeness (QED) is 0.588. The Kier molecular flexibility index (Phi) is 1.54. The Bertz CT molecular complexity index is 386. The average Bonchev–Trinajstić information content (AvgIpc) is 2.59. The van der Waals surface area contributed by atoms with Gasteiger partial charge in [-0.25, -0.2) is 4.79 Å². The molecule has 1 aromatic carbocycles. The summed E-state index contributed by atoms with van der Waals surface area (Å²) in [5, 5.41) is 0. The highest BCUT2D eigenvalue weighted by Gasteiger charge is 2.41. The zero-order valence-corrected chi connectivity index (χ0v) is 7.60. The monoisotopic (exact) mass is 190 g/mol. The molecule has 2 atom stereocenters. The second-order valence-electron chi connectivity index (χ2n) is 3.68. The lowest BCUT2D eigenvalue weighted by atomic mass is 9.88. The molecule has 0 radical (unpaired) electrons. The second kappa shape index (κ2) is 2.74. The maximum Gasteiger partial charge on any atom is 0.509 e. The van der Waals surface area contributed by atoms with Crippen molar-refractivity contribution < 1.29 is 14.3 Å². The van der Waals surface area contributed by atoms with Gasteiger partial charge in [0, 0.05) is 0 Å². The van der Waals surface area contributed by atoms with Gasteiger partial charge in [-0.3, -0.25) is 0 Å². The number of hydrogen-bond donors (Lipinski definition) is 0. The van der Waals surface area contributed by atoms with Crippen molar-refractivity contribution in [2.45, 2.75) is 25.0 Å². The van der Waals surface area contributed by atoms with Crippen molar-refractivity contribution in [3.05, 3.63) is 35.4 Å². The van der Waals surface area contributed by atoms with Crippen LogP contribution < -0.4 is 0 Å². The lowest BCUT2D eigenvalue weighted by Crippen LogP contribution is -2.22. The number of hydrogen-bond acceptors (Lipinski definition) is 3. The van der Waals surface area contributed by atoms with E-state index < -0.39 is 6.16 Å². The SMILES string of the molecule is O=C1O[C@H]2CCc3ccccc3[C@H]2O1. The Hall–Kier alpha value is -1.51. The van der Waals surface area contributed by atoms with Crippen LogP contribution >= 0.6 is 0 Å². The summed E-state index contributed by atoms with van der Waals surface area (Å²) < 4.78 is 10.2. The number of carbonyl (C=O) groups excluding carboxylic acids is 1. The maximum absolute atomic E-state index is 11.0. The van der Waals surface area contributed by atoms with Crippen molar-refractivity contribution in [1.29, 1.82) is 0 Å². The van der Waals surface area contributed by atoms with Crippen LogP contribution in [0.15, 0.2) is 24.3 Å². The molecular weight excluding hydrogens is 180 g/mol. The van der Waals surface area contributed by atoms with Gasteiger partial charge >= 0.3 is 6.16 Å². The molecule has 72 valence electrons. The van der Waals surface area contributed by atoms with E-state index in [2.05, 4.69) is 6.07 Å². The molecule has 14 heavy (non-hydrogen) atoms. The molecule has 1 aliphatic heterocycles. The van der Waals surface area contributed by atoms with Gasteiger partial charge in [0.15, 0.2) is 6.10 Å². The van der Waals surface area contributed by atoms with Gasteiger partial charge < -0.3 is 9.47 Å². The van der Waals surface area contributed by atoms with Gasteiger partial charge in [-0.05, 0) is 24.0 Å². The first kappa shape index (κ1) is 7.85. The molecule has 1 heterocycles. The van der Waals surface area contributed by atoms with Crippen LogP contribution in [0.4, 0.5) is 4.79 Å². The van der Waals surface area contributed by atoms with Gasteiger partial charge in [0.25, 0.3) is 0 Å². The van der Waals surface area contributed by atoms with E-state index in [4.69, 9.17) is 9.47 Å². The fourth-order valence-electron chi connectivity index (χ4n) is 2.20. The largest absolute Gasteiger partial charge is 0.509 e. The first-order valence-corrected chi connectivity index (χ1v) is 4.79. The van der Waals surface area contributed by atoms with Crippen molar-refractivity contribution in [3.63, 3.8) is 0 Å². The van der Waals surface area contributed by atoms with Crippen LogP contribution in [0.1, 0.15) is 23.7 Å². The Morgan fingerprint density at radius 1 is 1.21 bits per heavy atom. The summed E-state index contributed by atoms with van der Waals surface area (Å²) in [7, 11) is 0. The maximum atomic E-state index is 11.0. The van der Waals surface area contributed by atoms with Gasteiger partial charge in [0.2, 0.25) is 0 Å². The zero-order valence-electron chi connectivity index (χ0n) is 7.60. The third kappa shape index (κ3) is 1.02. The lowest BCUT2D eigenvalue weighted by molar-refractivity contribution is 0.115. The van der Waals surface area contributed by atoms with E-state index in [0.717, 1.165) is 18.4 Å². The molecule has 0 N–H and O–H groups in total. The molecular formula is C11H10O3. The van der Waals surface area contributed by atoms with E-state index in [1.54, 1.807) is 0 Å². The molecule has 3 heteroatoms. The van der Waals surface area contributed by atoms with Gasteiger partial charge in [-0.2, -0.15) is 0 Å². The van der Waals surface area contributed by atoms with Crippen LogP contribution in [0.5, 0.6) is 0 Å². The molecule has 3 nitrogen and oxygen atoms in total. The highest BCUT2D eigenvalue weighted by molar-refractivity contribution is 5.63. The van der Waals surface area contributed by atoms with E-state index >= 15 is 0 Å². The summed E-state index contributed by atoms with van der Waals surface area (Å²) in [6.45, 7) is 0. The molecule has 1 aliphatic carbocycles. The van der Waals surface area contributed by atoms with Crippen LogP contribution in [0.25, 0.3) is 0 Å². The predicted molar refractivity (Wildman–Crippen MR) is 48.9 cm³/mol. The average molecular weight is 190 g/mol. The van der Waals surface area contributed by atoms with Crippen LogP contribution in [0, 0.1) is 0 Å². The van der Waals surface area contributed by atoms with Crippen molar-refractivity contribution in [1.82, 2.24) is 0 Å². The van der Waals surface area contributed by atoms with E-state index in [1.807, 2.05) is 18.2 Å². The first-order valence-electron chi connectivity index (χ1n) is 4.79. The number of fused-ring (bicyclic) bond motifs is 3. The highest BCUT2D eigenvalue weighted by atomic mass is 16.8. The molecule has 2 aliphatic rings. The van der Waals surface area contributed by atoms with E-state index in [1.165, 1.54) is 5.56 Å². The molecule has 1 saturated heterocycles. The summed E-state index contributed by atoms with van der Waals surface area (Å²) in [6.07, 6.45) is 1.06. The van der Waals surface area contributed by atoms with Gasteiger partial charge in [-0.1, -0.05) is 24.3 Å². The lowest BCUT2D eigenvalue weighted by Gasteiger charge is -2.23. The van der Waals surface area contributed by atoms with E-state index in [-0.39, 0.29) is 12.2 Å². The van der Waals surface area contributed by atoms with Crippen molar-refractivity contribution >= 4 is 6.16 Å². The Morgan fingerprint density at radius 2 is 2.07 bits per heavy atom. The molecule has 0 saturated carbocycles. The second-order valence-corrected chi connectivity index (χ2v) is 3.68. The normalized spacial score (nSPS) is 28.7. The molecule has 1 fully saturated rings. The summed E-state index contributed by atoms with van der Waals surface area (Å²) >= 11 is 0. The molecule has 0 amide bonds. The smallest absolute Gasteiger partial charge is 0.427 e. The molecule has 0 unspecified atom stereocenters. The van der Waals surface area contributed by atoms with Gasteiger partial charge in [0.05, 0.1) is 0 Å². The van der Waals surface area contributed by atoms with Crippen LogP contribution in [0.2, 0.25) is 0 Å². The Morgan fingerprint density at radius 3 is 3.00 bits per heavy atom. The van der Waals surface area contributed by atoms with Crippen LogP contribution in [-0.4, -0.2) is 12.3 Å². The highest BCUT2D eigenvalue weighted by Crippen LogP contribution is 2.38. The Balaban J connectivity index is 2.05. The minimum atomic E-state index is -0.531. The zero-order chi connectivity index (χ0) is 9.54. The molecule has 1 aromatic rings. The molecule has 0 spiro atoms. The summed E-state index contributed by atoms with van der Waals surface area (Å²) in [5.41, 5.74) is 2.38. The molecule has 3 rings (SSSR count). The fourth-order valence-corrected chi connectivity index (χ4v) is 2.20. The van der Waals surface area contributed by atoms with Crippen molar-refractivity contribution in [2.75, 3.05) is 0 Å². The molecule has 0 aromatic heterocycles. The van der Waals surface area contributed by atoms with Crippen LogP contribution in [-0.2, 0) is 15.9 Å². The number of ether oxygens (including phenoxy) is 2. The Labute approximate surface area is 81.6 Å². The predicted octanol–water partition coefficient (Wildman–Crippen LogP) is 2.21. The number of rotatable bonds is 0. The number of aryl methyl sites for hydroxylation is 1. The fraction of sp³-hybridized carbons (Fsp3) is 0.364. The molecule has 0 bridgehead atoms. The minimum absolute atomic E-state index is 0.0719. The summed E-state index contributed by atoms with van der Waals surface area (Å²) in [6, 6.07) is 8.07. The topological polar surface area (TPSA) is 35.5 Å². The van der Waals surface area contributed by atoms with Gasteiger partial charge in [0.1, 0.15) is 6.10 Å². The number of carbonyl (C=O) groups is 1. The summed E-state index contributed by atoms with van der Waals surface area (Å²) in [4.78, 5) is 11.0. The standard InChI is InChI=1S/C11H10O3/c12-11-13-9-6-5-7-3-1-2-4-8(7)10(9)14-11/h1-4,9-10H,5-6H2/t9-,10+/m0/s1. The van der Waals surface area contributed by atoms with E-state index in [0.29, 0.717) is 0 Å². The first-order chi connectivity index (χ1) is 6.84. The number of benzene rings is 1. The minimum Gasteiger partial charge on any atom is -0.427 e. The third-order valence-corrected chi connectivity index (χ3v) is 2.87. The van der Waals surface area contributed by atoms with Gasteiger partial charge in [-0.15, -0.1) is 0 Å². The van der Waals surface area contributed by atoms with Crippen molar-refractivity contribution in [2.24, 2.45) is 0 Å².